The monoisotopic (exact) mass is 645 g/mol. The molecule has 0 spiro atoms. The van der Waals surface area contributed by atoms with Gasteiger partial charge < -0.3 is 28.8 Å². The number of fused-ring (bicyclic) bond motifs is 1. The molecule has 3 aromatic carbocycles. The first-order chi connectivity index (χ1) is 21.7. The minimum atomic E-state index is -1.61. The van der Waals surface area contributed by atoms with E-state index in [2.05, 4.69) is 10.3 Å². The molecule has 236 valence electrons. The van der Waals surface area contributed by atoms with Crippen LogP contribution in [0.5, 0.6) is 0 Å². The van der Waals surface area contributed by atoms with Gasteiger partial charge in [0.05, 0.1) is 19.4 Å². The fraction of sp³-hybridized carbons (Fsp3) is 0.323. The summed E-state index contributed by atoms with van der Waals surface area (Å²) in [7, 11) is 1.38. The number of methoxy groups -OCH3 is 1. The molecule has 0 amide bonds. The van der Waals surface area contributed by atoms with Gasteiger partial charge in [-0.3, -0.25) is 0 Å². The molecule has 2 saturated heterocycles. The van der Waals surface area contributed by atoms with Crippen molar-refractivity contribution in [1.82, 2.24) is 15.0 Å². The summed E-state index contributed by atoms with van der Waals surface area (Å²) in [6, 6.07) is 16.6. The zero-order valence-electron chi connectivity index (χ0n) is 23.6. The number of rotatable bonds is 9. The van der Waals surface area contributed by atoms with Crippen LogP contribution in [-0.2, 0) is 35.1 Å². The van der Waals surface area contributed by atoms with E-state index >= 15 is 0 Å². The molecule has 6 rings (SSSR count). The average molecular weight is 646 g/mol. The molecule has 0 bridgehead atoms. The van der Waals surface area contributed by atoms with E-state index in [4.69, 9.17) is 35.3 Å². The summed E-state index contributed by atoms with van der Waals surface area (Å²) in [5.41, 5.74) is 1.39. The van der Waals surface area contributed by atoms with E-state index in [1.807, 2.05) is 30.3 Å². The highest BCUT2D eigenvalue weighted by Gasteiger charge is 2.55. The molecular formula is C31H27ClF3N3O7. The summed E-state index contributed by atoms with van der Waals surface area (Å²) < 4.78 is 73.5. The van der Waals surface area contributed by atoms with E-state index in [1.54, 1.807) is 24.3 Å². The summed E-state index contributed by atoms with van der Waals surface area (Å²) in [5.74, 6) is -5.69. The van der Waals surface area contributed by atoms with Gasteiger partial charge in [0, 0.05) is 23.3 Å². The van der Waals surface area contributed by atoms with Crippen LogP contribution < -0.4 is 0 Å². The van der Waals surface area contributed by atoms with Gasteiger partial charge in [-0.1, -0.05) is 59.3 Å². The quantitative estimate of drug-likeness (QED) is 0.248. The lowest BCUT2D eigenvalue weighted by Crippen LogP contribution is -2.63. The van der Waals surface area contributed by atoms with E-state index in [9.17, 15) is 23.1 Å². The number of nitrogens with zero attached hydrogens (tertiary/aromatic N) is 3. The maximum Gasteiger partial charge on any atom is 0.335 e. The molecule has 2 fully saturated rings. The van der Waals surface area contributed by atoms with Crippen molar-refractivity contribution in [2.75, 3.05) is 13.7 Å². The molecule has 7 atom stereocenters. The molecule has 14 heteroatoms. The third kappa shape index (κ3) is 6.45. The number of hydrogen-bond acceptors (Lipinski definition) is 8. The van der Waals surface area contributed by atoms with Crippen LogP contribution in [0.2, 0.25) is 5.02 Å². The van der Waals surface area contributed by atoms with Crippen molar-refractivity contribution in [1.29, 1.82) is 0 Å². The third-order valence-corrected chi connectivity index (χ3v) is 7.96. The van der Waals surface area contributed by atoms with Crippen molar-refractivity contribution in [3.05, 3.63) is 107 Å². The second-order valence-corrected chi connectivity index (χ2v) is 11.0. The first-order valence-corrected chi connectivity index (χ1v) is 14.3. The molecule has 2 aliphatic rings. The normalized spacial score (nSPS) is 25.4. The van der Waals surface area contributed by atoms with Gasteiger partial charge >= 0.3 is 5.97 Å². The highest BCUT2D eigenvalue weighted by Crippen LogP contribution is 2.41. The van der Waals surface area contributed by atoms with Gasteiger partial charge in [-0.2, -0.15) is 0 Å². The van der Waals surface area contributed by atoms with Gasteiger partial charge in [-0.15, -0.1) is 5.10 Å². The lowest BCUT2D eigenvalue weighted by molar-refractivity contribution is -0.327. The number of ether oxygens (including phenoxy) is 5. The van der Waals surface area contributed by atoms with E-state index in [-0.39, 0.29) is 24.5 Å². The van der Waals surface area contributed by atoms with Crippen LogP contribution in [0.1, 0.15) is 23.5 Å². The van der Waals surface area contributed by atoms with Crippen LogP contribution in [0.3, 0.4) is 0 Å². The number of carbonyl (C=O) groups is 1. The molecule has 1 N–H and O–H groups in total. The first-order valence-electron chi connectivity index (χ1n) is 13.9. The predicted octanol–water partition coefficient (Wildman–Crippen LogP) is 5.12. The lowest BCUT2D eigenvalue weighted by atomic mass is 9.89. The van der Waals surface area contributed by atoms with Crippen LogP contribution >= 0.6 is 11.6 Å². The number of carboxylic acids is 1. The van der Waals surface area contributed by atoms with Gasteiger partial charge in [-0.05, 0) is 29.8 Å². The van der Waals surface area contributed by atoms with Gasteiger partial charge in [0.25, 0.3) is 0 Å². The van der Waals surface area contributed by atoms with Crippen molar-refractivity contribution in [2.45, 2.75) is 49.5 Å². The van der Waals surface area contributed by atoms with Gasteiger partial charge in [0.15, 0.2) is 29.8 Å². The Bertz CT molecular complexity index is 1620. The maximum absolute atomic E-state index is 14.0. The summed E-state index contributed by atoms with van der Waals surface area (Å²) in [4.78, 5) is 12.6. The summed E-state index contributed by atoms with van der Waals surface area (Å²) >= 11 is 5.97. The highest BCUT2D eigenvalue weighted by molar-refractivity contribution is 6.30. The smallest absolute Gasteiger partial charge is 0.335 e. The molecule has 2 aliphatic heterocycles. The Balaban J connectivity index is 1.36. The minimum Gasteiger partial charge on any atom is -0.479 e. The molecule has 1 aromatic heterocycles. The van der Waals surface area contributed by atoms with Crippen molar-refractivity contribution in [2.24, 2.45) is 0 Å². The van der Waals surface area contributed by atoms with Crippen LogP contribution in [0.15, 0.2) is 72.9 Å². The highest BCUT2D eigenvalue weighted by atomic mass is 35.5. The molecule has 4 aromatic rings. The van der Waals surface area contributed by atoms with Crippen molar-refractivity contribution < 1.29 is 46.8 Å². The van der Waals surface area contributed by atoms with Crippen LogP contribution in [-0.4, -0.2) is 70.3 Å². The van der Waals surface area contributed by atoms with E-state index in [0.29, 0.717) is 10.6 Å². The number of carboxylic acid groups (broad SMARTS) is 1. The zero-order valence-corrected chi connectivity index (χ0v) is 24.4. The Kier molecular flexibility index (Phi) is 9.17. The molecule has 0 saturated carbocycles. The second-order valence-electron chi connectivity index (χ2n) is 10.5. The van der Waals surface area contributed by atoms with Crippen LogP contribution in [0.4, 0.5) is 13.2 Å². The first kappa shape index (κ1) is 31.1. The number of halogens is 4. The zero-order chi connectivity index (χ0) is 31.7. The van der Waals surface area contributed by atoms with Crippen molar-refractivity contribution >= 4 is 17.6 Å². The standard InChI is InChI=1S/C31H27ClF3N3O7/c1-41-27-25(38-13-22(36-37-38)18-11-20(33)24(35)21(34)12-18)26-23(15-43-31(45-26)17-5-3-2-4-6-17)44-28(27)29(30(39)40)42-14-16-7-9-19(32)10-8-16/h2-13,23,25-29,31H,14-15H2,1H3,(H,39,40)/t23?,25-,26-,27?,28+,29-,31?/m0/s1. The summed E-state index contributed by atoms with van der Waals surface area (Å²) in [6.07, 6.45) is -4.77. The molecule has 45 heavy (non-hydrogen) atoms. The fourth-order valence-corrected chi connectivity index (χ4v) is 5.69. The van der Waals surface area contributed by atoms with E-state index < -0.39 is 66.3 Å². The molecule has 10 nitrogen and oxygen atoms in total. The number of hydrogen-bond donors (Lipinski definition) is 1. The molecule has 0 aliphatic carbocycles. The summed E-state index contributed by atoms with van der Waals surface area (Å²) in [6.45, 7) is -0.0471. The van der Waals surface area contributed by atoms with Gasteiger partial charge in [0.2, 0.25) is 0 Å². The maximum atomic E-state index is 14.0. The Labute approximate surface area is 260 Å². The largest absolute Gasteiger partial charge is 0.479 e. The van der Waals surface area contributed by atoms with Crippen LogP contribution in [0, 0.1) is 17.5 Å². The number of benzene rings is 3. The number of aliphatic carboxylic acids is 1. The second kappa shape index (κ2) is 13.3. The molecule has 3 unspecified atom stereocenters. The van der Waals surface area contributed by atoms with Crippen molar-refractivity contribution in [3.63, 3.8) is 0 Å². The van der Waals surface area contributed by atoms with E-state index in [0.717, 1.165) is 17.7 Å². The molecule has 3 heterocycles. The van der Waals surface area contributed by atoms with Crippen LogP contribution in [0.25, 0.3) is 11.3 Å². The SMILES string of the molecule is COC1[C@H]([C@H](OCc2ccc(Cl)cc2)C(=O)O)OC2COC(c3ccccc3)O[C@@H]2[C@@H]1n1cc(-c2cc(F)c(F)c(F)c2)nn1. The Morgan fingerprint density at radius 2 is 1.80 bits per heavy atom. The Morgan fingerprint density at radius 3 is 2.47 bits per heavy atom. The third-order valence-electron chi connectivity index (χ3n) is 7.71. The summed E-state index contributed by atoms with van der Waals surface area (Å²) in [5, 5.41) is 19.0. The minimum absolute atomic E-state index is 0.0210. The fourth-order valence-electron chi connectivity index (χ4n) is 5.56. The van der Waals surface area contributed by atoms with Gasteiger partial charge in [-0.25, -0.2) is 22.6 Å². The topological polar surface area (TPSA) is 114 Å². The van der Waals surface area contributed by atoms with E-state index in [1.165, 1.54) is 18.0 Å². The molecular weight excluding hydrogens is 619 g/mol. The Morgan fingerprint density at radius 1 is 1.09 bits per heavy atom. The lowest BCUT2D eigenvalue weighted by Gasteiger charge is -2.50. The average Bonchev–Trinajstić information content (AvgIpc) is 3.53. The molecule has 0 radical (unpaired) electrons. The van der Waals surface area contributed by atoms with Crippen molar-refractivity contribution in [3.8, 4) is 11.3 Å². The Hall–Kier alpha value is -3.85. The number of aromatic nitrogens is 3. The van der Waals surface area contributed by atoms with Gasteiger partial charge in [0.1, 0.15) is 36.2 Å². The predicted molar refractivity (Wildman–Crippen MR) is 151 cm³/mol.